The molecule has 0 amide bonds. The minimum absolute atomic E-state index is 0.0571. The Bertz CT molecular complexity index is 406. The summed E-state index contributed by atoms with van der Waals surface area (Å²) in [5, 5.41) is 0. The van der Waals surface area contributed by atoms with Crippen molar-refractivity contribution in [2.24, 2.45) is 0 Å². The van der Waals surface area contributed by atoms with Crippen LogP contribution in [0.2, 0.25) is 0 Å². The summed E-state index contributed by atoms with van der Waals surface area (Å²) in [5.74, 6) is 0.199. The van der Waals surface area contributed by atoms with Gasteiger partial charge < -0.3 is 0 Å². The van der Waals surface area contributed by atoms with Crippen LogP contribution in [0.25, 0.3) is 0 Å². The van der Waals surface area contributed by atoms with E-state index >= 15 is 0 Å². The Morgan fingerprint density at radius 2 is 2.14 bits per heavy atom. The SMILES string of the molecule is O=C1CSc2c1ccc(Br)c2C(F)F. The number of rotatable bonds is 1. The highest BCUT2D eigenvalue weighted by molar-refractivity contribution is 9.10. The van der Waals surface area contributed by atoms with Crippen molar-refractivity contribution in [2.45, 2.75) is 11.3 Å². The van der Waals surface area contributed by atoms with Crippen molar-refractivity contribution in [1.29, 1.82) is 0 Å². The number of hydrogen-bond donors (Lipinski definition) is 0. The summed E-state index contributed by atoms with van der Waals surface area (Å²) in [6.07, 6.45) is -2.54. The Labute approximate surface area is 92.0 Å². The van der Waals surface area contributed by atoms with Crippen LogP contribution in [-0.4, -0.2) is 11.5 Å². The molecule has 5 heteroatoms. The van der Waals surface area contributed by atoms with E-state index < -0.39 is 6.43 Å². The highest BCUT2D eigenvalue weighted by Crippen LogP contribution is 2.42. The number of carbonyl (C=O) groups excluding carboxylic acids is 1. The molecule has 0 radical (unpaired) electrons. The van der Waals surface area contributed by atoms with Gasteiger partial charge in [-0.15, -0.1) is 11.8 Å². The molecule has 0 aromatic heterocycles. The molecule has 0 saturated carbocycles. The van der Waals surface area contributed by atoms with E-state index in [4.69, 9.17) is 0 Å². The van der Waals surface area contributed by atoms with E-state index in [9.17, 15) is 13.6 Å². The van der Waals surface area contributed by atoms with E-state index in [2.05, 4.69) is 15.9 Å². The largest absolute Gasteiger partial charge is 0.293 e. The Kier molecular flexibility index (Phi) is 2.62. The molecule has 0 unspecified atom stereocenters. The van der Waals surface area contributed by atoms with Gasteiger partial charge in [-0.05, 0) is 12.1 Å². The van der Waals surface area contributed by atoms with Crippen LogP contribution in [-0.2, 0) is 0 Å². The second kappa shape index (κ2) is 3.62. The van der Waals surface area contributed by atoms with Crippen LogP contribution in [0, 0.1) is 0 Å². The zero-order chi connectivity index (χ0) is 10.3. The van der Waals surface area contributed by atoms with Gasteiger partial charge in [-0.1, -0.05) is 15.9 Å². The van der Waals surface area contributed by atoms with Crippen LogP contribution in [0.3, 0.4) is 0 Å². The summed E-state index contributed by atoms with van der Waals surface area (Å²) in [4.78, 5) is 11.7. The molecule has 0 saturated heterocycles. The molecule has 0 spiro atoms. The first kappa shape index (κ1) is 10.1. The quantitative estimate of drug-likeness (QED) is 0.780. The van der Waals surface area contributed by atoms with Gasteiger partial charge >= 0.3 is 0 Å². The van der Waals surface area contributed by atoms with Crippen molar-refractivity contribution in [1.82, 2.24) is 0 Å². The second-order valence-electron chi connectivity index (χ2n) is 2.85. The Balaban J connectivity index is 2.65. The van der Waals surface area contributed by atoms with Crippen LogP contribution in [0.4, 0.5) is 8.78 Å². The van der Waals surface area contributed by atoms with Crippen LogP contribution in [0.1, 0.15) is 22.3 Å². The smallest absolute Gasteiger partial charge is 0.266 e. The number of fused-ring (bicyclic) bond motifs is 1. The van der Waals surface area contributed by atoms with E-state index in [-0.39, 0.29) is 17.1 Å². The fraction of sp³-hybridized carbons (Fsp3) is 0.222. The molecule has 0 atom stereocenters. The molecular weight excluding hydrogens is 274 g/mol. The van der Waals surface area contributed by atoms with Crippen molar-refractivity contribution in [3.8, 4) is 0 Å². The molecule has 1 heterocycles. The first-order chi connectivity index (χ1) is 6.61. The molecule has 1 aromatic rings. The number of Topliss-reactive ketones (excluding diaryl/α,β-unsaturated/α-hetero) is 1. The molecule has 74 valence electrons. The lowest BCUT2D eigenvalue weighted by molar-refractivity contribution is 0.102. The van der Waals surface area contributed by atoms with Crippen molar-refractivity contribution in [2.75, 3.05) is 5.75 Å². The summed E-state index contributed by atoms with van der Waals surface area (Å²) in [7, 11) is 0. The molecule has 1 aromatic carbocycles. The van der Waals surface area contributed by atoms with E-state index in [1.165, 1.54) is 17.8 Å². The average molecular weight is 279 g/mol. The molecule has 0 bridgehead atoms. The van der Waals surface area contributed by atoms with Gasteiger partial charge in [-0.25, -0.2) is 8.78 Å². The van der Waals surface area contributed by atoms with Crippen molar-refractivity contribution < 1.29 is 13.6 Å². The number of alkyl halides is 2. The Hall–Kier alpha value is -0.420. The molecular formula is C9H5BrF2OS. The van der Waals surface area contributed by atoms with Crippen molar-refractivity contribution in [3.05, 3.63) is 27.7 Å². The third-order valence-corrected chi connectivity index (χ3v) is 3.84. The second-order valence-corrected chi connectivity index (χ2v) is 4.69. The van der Waals surface area contributed by atoms with Gasteiger partial charge in [0.2, 0.25) is 0 Å². The zero-order valence-electron chi connectivity index (χ0n) is 6.89. The highest BCUT2D eigenvalue weighted by atomic mass is 79.9. The number of thioether (sulfide) groups is 1. The molecule has 1 aliphatic heterocycles. The number of carbonyl (C=O) groups is 1. The third-order valence-electron chi connectivity index (χ3n) is 2.01. The van der Waals surface area contributed by atoms with E-state index in [0.717, 1.165) is 0 Å². The van der Waals surface area contributed by atoms with Gasteiger partial charge in [-0.2, -0.15) is 0 Å². The molecule has 0 fully saturated rings. The van der Waals surface area contributed by atoms with Gasteiger partial charge in [0.1, 0.15) is 0 Å². The molecule has 2 rings (SSSR count). The van der Waals surface area contributed by atoms with Crippen LogP contribution in [0.5, 0.6) is 0 Å². The van der Waals surface area contributed by atoms with Crippen molar-refractivity contribution in [3.63, 3.8) is 0 Å². The fourth-order valence-corrected chi connectivity index (χ4v) is 3.13. The lowest BCUT2D eigenvalue weighted by Crippen LogP contribution is -1.97. The van der Waals surface area contributed by atoms with Gasteiger partial charge in [0.25, 0.3) is 6.43 Å². The molecule has 1 nitrogen and oxygen atoms in total. The highest BCUT2D eigenvalue weighted by Gasteiger charge is 2.27. The summed E-state index contributed by atoms with van der Waals surface area (Å²) >= 11 is 4.25. The lowest BCUT2D eigenvalue weighted by atomic mass is 10.1. The van der Waals surface area contributed by atoms with Crippen LogP contribution >= 0.6 is 27.7 Å². The van der Waals surface area contributed by atoms with Crippen LogP contribution in [0.15, 0.2) is 21.5 Å². The normalized spacial score (nSPS) is 15.0. The summed E-state index contributed by atoms with van der Waals surface area (Å²) in [6, 6.07) is 3.09. The first-order valence-corrected chi connectivity index (χ1v) is 5.65. The van der Waals surface area contributed by atoms with Crippen LogP contribution < -0.4 is 0 Å². The summed E-state index contributed by atoms with van der Waals surface area (Å²) in [6.45, 7) is 0. The fourth-order valence-electron chi connectivity index (χ4n) is 1.37. The van der Waals surface area contributed by atoms with Gasteiger partial charge in [0, 0.05) is 20.5 Å². The monoisotopic (exact) mass is 278 g/mol. The maximum atomic E-state index is 12.7. The van der Waals surface area contributed by atoms with Gasteiger partial charge in [0.15, 0.2) is 5.78 Å². The lowest BCUT2D eigenvalue weighted by Gasteiger charge is -2.07. The number of halogens is 3. The number of hydrogen-bond acceptors (Lipinski definition) is 2. The predicted molar refractivity (Wildman–Crippen MR) is 54.2 cm³/mol. The standard InChI is InChI=1S/C9H5BrF2OS/c10-5-2-1-4-6(13)3-14-8(4)7(5)9(11)12/h1-2,9H,3H2. The van der Waals surface area contributed by atoms with E-state index in [1.807, 2.05) is 0 Å². The maximum absolute atomic E-state index is 12.7. The summed E-state index contributed by atoms with van der Waals surface area (Å²) < 4.78 is 25.7. The molecule has 14 heavy (non-hydrogen) atoms. The minimum atomic E-state index is -2.54. The Morgan fingerprint density at radius 3 is 2.79 bits per heavy atom. The maximum Gasteiger partial charge on any atom is 0.266 e. The third kappa shape index (κ3) is 1.48. The van der Waals surface area contributed by atoms with E-state index in [1.54, 1.807) is 6.07 Å². The predicted octanol–water partition coefficient (Wildman–Crippen LogP) is 3.68. The molecule has 1 aliphatic rings. The molecule has 0 N–H and O–H groups in total. The number of benzene rings is 1. The van der Waals surface area contributed by atoms with E-state index in [0.29, 0.717) is 14.9 Å². The van der Waals surface area contributed by atoms with Gasteiger partial charge in [-0.3, -0.25) is 4.79 Å². The average Bonchev–Trinajstić information content (AvgIpc) is 2.47. The molecule has 0 aliphatic carbocycles. The minimum Gasteiger partial charge on any atom is -0.293 e. The number of ketones is 1. The Morgan fingerprint density at radius 1 is 1.43 bits per heavy atom. The van der Waals surface area contributed by atoms with Gasteiger partial charge in [0.05, 0.1) is 5.75 Å². The van der Waals surface area contributed by atoms with Crippen molar-refractivity contribution >= 4 is 33.5 Å². The zero-order valence-corrected chi connectivity index (χ0v) is 9.29. The first-order valence-electron chi connectivity index (χ1n) is 3.88. The topological polar surface area (TPSA) is 17.1 Å². The summed E-state index contributed by atoms with van der Waals surface area (Å²) in [5.41, 5.74) is 0.367.